The predicted molar refractivity (Wildman–Crippen MR) is 132 cm³/mol. The van der Waals surface area contributed by atoms with Crippen molar-refractivity contribution in [3.63, 3.8) is 0 Å². The summed E-state index contributed by atoms with van der Waals surface area (Å²) >= 11 is 0. The average molecular weight is 454 g/mol. The summed E-state index contributed by atoms with van der Waals surface area (Å²) in [5.74, 6) is 0.951. The number of ether oxygens (including phenoxy) is 1. The average Bonchev–Trinajstić information content (AvgIpc) is 3.20. The molecule has 172 valence electrons. The number of methoxy groups -OCH3 is 1. The van der Waals surface area contributed by atoms with Crippen LogP contribution in [0.2, 0.25) is 0 Å². The Balaban J connectivity index is 1.77. The van der Waals surface area contributed by atoms with Gasteiger partial charge < -0.3 is 10.1 Å². The number of nitrogens with zero attached hydrogens (tertiary/aromatic N) is 4. The van der Waals surface area contributed by atoms with Gasteiger partial charge in [-0.05, 0) is 68.1 Å². The Morgan fingerprint density at radius 1 is 1.09 bits per heavy atom. The molecule has 4 aromatic rings. The van der Waals surface area contributed by atoms with Gasteiger partial charge in [0.2, 0.25) is 5.65 Å². The largest absolute Gasteiger partial charge is 0.493 e. The molecular formula is C27H27N5O2. The molecule has 1 fully saturated rings. The van der Waals surface area contributed by atoms with E-state index in [-0.39, 0.29) is 5.69 Å². The highest BCUT2D eigenvalue weighted by Crippen LogP contribution is 2.36. The zero-order chi connectivity index (χ0) is 23.7. The quantitative estimate of drug-likeness (QED) is 0.493. The Hall–Kier alpha value is -3.89. The molecule has 5 rings (SSSR count). The van der Waals surface area contributed by atoms with Crippen molar-refractivity contribution in [2.45, 2.75) is 26.3 Å². The van der Waals surface area contributed by atoms with E-state index in [1.165, 1.54) is 0 Å². The Kier molecular flexibility index (Phi) is 5.91. The third kappa shape index (κ3) is 3.97. The number of nitriles is 1. The maximum Gasteiger partial charge on any atom is 0.350 e. The van der Waals surface area contributed by atoms with E-state index in [0.29, 0.717) is 29.4 Å². The topological polar surface area (TPSA) is 84.3 Å². The number of aryl methyl sites for hydroxylation is 1. The number of fused-ring (bicyclic) bond motifs is 1. The molecule has 0 unspecified atom stereocenters. The number of benzene rings is 2. The molecule has 2 aromatic carbocycles. The Labute approximate surface area is 198 Å². The normalized spacial score (nSPS) is 14.3. The van der Waals surface area contributed by atoms with Gasteiger partial charge in [0.15, 0.2) is 5.75 Å². The zero-order valence-corrected chi connectivity index (χ0v) is 19.4. The lowest BCUT2D eigenvalue weighted by molar-refractivity contribution is 0.317. The molecule has 0 bridgehead atoms. The van der Waals surface area contributed by atoms with Gasteiger partial charge in [-0.1, -0.05) is 42.0 Å². The van der Waals surface area contributed by atoms with Gasteiger partial charge in [0, 0.05) is 12.1 Å². The molecule has 0 atom stereocenters. The summed E-state index contributed by atoms with van der Waals surface area (Å²) < 4.78 is 8.97. The lowest BCUT2D eigenvalue weighted by atomic mass is 9.97. The molecule has 34 heavy (non-hydrogen) atoms. The van der Waals surface area contributed by atoms with Gasteiger partial charge in [0.05, 0.1) is 24.4 Å². The molecule has 1 saturated heterocycles. The van der Waals surface area contributed by atoms with Crippen LogP contribution in [0.1, 0.15) is 24.0 Å². The van der Waals surface area contributed by atoms with E-state index in [2.05, 4.69) is 11.4 Å². The molecular weight excluding hydrogens is 426 g/mol. The molecule has 3 heterocycles. The minimum atomic E-state index is -0.169. The van der Waals surface area contributed by atoms with Crippen molar-refractivity contribution in [2.24, 2.45) is 5.92 Å². The first-order valence-electron chi connectivity index (χ1n) is 11.6. The van der Waals surface area contributed by atoms with Crippen LogP contribution >= 0.6 is 0 Å². The zero-order valence-electron chi connectivity index (χ0n) is 19.4. The van der Waals surface area contributed by atoms with Crippen LogP contribution in [0, 0.1) is 24.2 Å². The minimum Gasteiger partial charge on any atom is -0.493 e. The molecule has 1 aliphatic rings. The monoisotopic (exact) mass is 453 g/mol. The second-order valence-electron chi connectivity index (χ2n) is 8.85. The van der Waals surface area contributed by atoms with Crippen molar-refractivity contribution in [1.82, 2.24) is 19.5 Å². The summed E-state index contributed by atoms with van der Waals surface area (Å²) in [6.45, 7) is 4.56. The van der Waals surface area contributed by atoms with Gasteiger partial charge in [-0.25, -0.2) is 13.9 Å². The molecule has 7 nitrogen and oxygen atoms in total. The number of hydrogen-bond donors (Lipinski definition) is 1. The van der Waals surface area contributed by atoms with E-state index in [4.69, 9.17) is 9.84 Å². The third-order valence-electron chi connectivity index (χ3n) is 6.57. The lowest BCUT2D eigenvalue weighted by Crippen LogP contribution is -2.33. The molecule has 0 saturated carbocycles. The van der Waals surface area contributed by atoms with Gasteiger partial charge in [-0.3, -0.25) is 0 Å². The fourth-order valence-corrected chi connectivity index (χ4v) is 4.67. The summed E-state index contributed by atoms with van der Waals surface area (Å²) in [5, 5.41) is 17.3. The third-order valence-corrected chi connectivity index (χ3v) is 6.57. The predicted octanol–water partition coefficient (Wildman–Crippen LogP) is 4.02. The fourth-order valence-electron chi connectivity index (χ4n) is 4.67. The number of nitrogens with one attached hydrogen (secondary N) is 1. The number of pyridine rings is 1. The molecule has 0 spiro atoms. The molecule has 1 aliphatic heterocycles. The Bertz CT molecular complexity index is 1420. The summed E-state index contributed by atoms with van der Waals surface area (Å²) in [6.07, 6.45) is 2.05. The van der Waals surface area contributed by atoms with Crippen LogP contribution in [0.3, 0.4) is 0 Å². The highest BCUT2D eigenvalue weighted by molar-refractivity contribution is 5.85. The maximum absolute atomic E-state index is 13.8. The van der Waals surface area contributed by atoms with E-state index in [0.717, 1.165) is 53.9 Å². The standard InChI is InChI=1S/C27H27N5O2/c1-18-3-7-22(8-4-18)25-23(21-9-5-19(16-28)6-10-21)15-24(34-2)26-30-31(27(33)32(25)26)17-20-11-13-29-14-12-20/h3-10,15,20,29H,11-14,17H2,1-2H3. The van der Waals surface area contributed by atoms with Crippen molar-refractivity contribution in [3.05, 3.63) is 76.2 Å². The van der Waals surface area contributed by atoms with Gasteiger partial charge >= 0.3 is 5.69 Å². The van der Waals surface area contributed by atoms with Gasteiger partial charge in [-0.2, -0.15) is 5.26 Å². The van der Waals surface area contributed by atoms with Crippen molar-refractivity contribution in [2.75, 3.05) is 20.2 Å². The van der Waals surface area contributed by atoms with Crippen LogP contribution in [0.4, 0.5) is 0 Å². The summed E-state index contributed by atoms with van der Waals surface area (Å²) in [6, 6.07) is 19.6. The second-order valence-corrected chi connectivity index (χ2v) is 8.85. The smallest absolute Gasteiger partial charge is 0.350 e. The molecule has 7 heteroatoms. The molecule has 2 aromatic heterocycles. The number of hydrogen-bond acceptors (Lipinski definition) is 5. The maximum atomic E-state index is 13.8. The number of aromatic nitrogens is 3. The van der Waals surface area contributed by atoms with Gasteiger partial charge in [-0.15, -0.1) is 5.10 Å². The number of piperidine rings is 1. The van der Waals surface area contributed by atoms with Crippen molar-refractivity contribution in [1.29, 1.82) is 5.26 Å². The van der Waals surface area contributed by atoms with Crippen molar-refractivity contribution in [3.8, 4) is 34.2 Å². The Morgan fingerprint density at radius 3 is 2.41 bits per heavy atom. The van der Waals surface area contributed by atoms with Crippen molar-refractivity contribution >= 4 is 5.65 Å². The fraction of sp³-hybridized carbons (Fsp3) is 0.296. The van der Waals surface area contributed by atoms with E-state index >= 15 is 0 Å². The molecule has 0 amide bonds. The van der Waals surface area contributed by atoms with Crippen LogP contribution in [0.25, 0.3) is 28.0 Å². The second kappa shape index (κ2) is 9.16. The highest BCUT2D eigenvalue weighted by Gasteiger charge is 2.23. The highest BCUT2D eigenvalue weighted by atomic mass is 16.5. The van der Waals surface area contributed by atoms with Crippen LogP contribution in [-0.4, -0.2) is 34.4 Å². The first-order valence-corrected chi connectivity index (χ1v) is 11.6. The number of rotatable bonds is 5. The first-order chi connectivity index (χ1) is 16.6. The molecule has 1 N–H and O–H groups in total. The van der Waals surface area contributed by atoms with E-state index in [9.17, 15) is 10.1 Å². The SMILES string of the molecule is COc1cc(-c2ccc(C#N)cc2)c(-c2ccc(C)cc2)n2c(=O)n(CC3CCNCC3)nc12. The summed E-state index contributed by atoms with van der Waals surface area (Å²) in [4.78, 5) is 13.8. The molecule has 0 aliphatic carbocycles. The van der Waals surface area contributed by atoms with Crippen LogP contribution in [0.5, 0.6) is 5.75 Å². The van der Waals surface area contributed by atoms with E-state index < -0.39 is 0 Å². The van der Waals surface area contributed by atoms with E-state index in [1.807, 2.05) is 49.4 Å². The van der Waals surface area contributed by atoms with Crippen molar-refractivity contribution < 1.29 is 4.74 Å². The van der Waals surface area contributed by atoms with Crippen LogP contribution in [-0.2, 0) is 6.54 Å². The Morgan fingerprint density at radius 2 is 1.76 bits per heavy atom. The van der Waals surface area contributed by atoms with Gasteiger partial charge in [0.1, 0.15) is 0 Å². The lowest BCUT2D eigenvalue weighted by Gasteiger charge is -2.21. The minimum absolute atomic E-state index is 0.169. The van der Waals surface area contributed by atoms with Gasteiger partial charge in [0.25, 0.3) is 0 Å². The molecule has 0 radical (unpaired) electrons. The van der Waals surface area contributed by atoms with E-state index in [1.54, 1.807) is 28.3 Å². The van der Waals surface area contributed by atoms with Crippen LogP contribution in [0.15, 0.2) is 59.4 Å². The summed E-state index contributed by atoms with van der Waals surface area (Å²) in [7, 11) is 1.60. The van der Waals surface area contributed by atoms with Crippen LogP contribution < -0.4 is 15.7 Å². The first kappa shape index (κ1) is 21.9. The summed E-state index contributed by atoms with van der Waals surface area (Å²) in [5.41, 5.74) is 5.49.